The molecule has 0 aliphatic carbocycles. The van der Waals surface area contributed by atoms with Crippen LogP contribution in [-0.2, 0) is 13.2 Å². The minimum Gasteiger partial charge on any atom is -0.486 e. The first-order valence-electron chi connectivity index (χ1n) is 7.47. The second kappa shape index (κ2) is 6.81. The van der Waals surface area contributed by atoms with Crippen LogP contribution in [0.1, 0.15) is 42.1 Å². The first-order chi connectivity index (χ1) is 9.95. The van der Waals surface area contributed by atoms with Gasteiger partial charge in [-0.15, -0.1) is 0 Å². The van der Waals surface area contributed by atoms with Crippen LogP contribution in [-0.4, -0.2) is 6.04 Å². The van der Waals surface area contributed by atoms with Gasteiger partial charge in [-0.2, -0.15) is 0 Å². The Balaban J connectivity index is 1.96. The minimum absolute atomic E-state index is 0.449. The standard InChI is InChI=1S/C18H25NO2/c1-12(2)19-10-18-15(5)9-17(21-18)11-20-16-7-6-13(3)14(4)8-16/h6-9,12,19H,10-11H2,1-5H3. The lowest BCUT2D eigenvalue weighted by molar-refractivity contribution is 0.264. The lowest BCUT2D eigenvalue weighted by Crippen LogP contribution is -2.21. The summed E-state index contributed by atoms with van der Waals surface area (Å²) in [6.45, 7) is 11.7. The number of ether oxygens (including phenoxy) is 1. The number of rotatable bonds is 6. The summed E-state index contributed by atoms with van der Waals surface area (Å²) in [5.74, 6) is 2.74. The van der Waals surface area contributed by atoms with E-state index in [2.05, 4.69) is 58.1 Å². The van der Waals surface area contributed by atoms with Gasteiger partial charge < -0.3 is 14.5 Å². The summed E-state index contributed by atoms with van der Waals surface area (Å²) < 4.78 is 11.7. The molecule has 1 aromatic heterocycles. The predicted octanol–water partition coefficient (Wildman–Crippen LogP) is 4.28. The maximum Gasteiger partial charge on any atom is 0.146 e. The zero-order chi connectivity index (χ0) is 15.4. The molecule has 3 heteroatoms. The molecule has 0 amide bonds. The molecular formula is C18H25NO2. The monoisotopic (exact) mass is 287 g/mol. The molecule has 0 radical (unpaired) electrons. The zero-order valence-corrected chi connectivity index (χ0v) is 13.6. The van der Waals surface area contributed by atoms with Crippen LogP contribution < -0.4 is 10.1 Å². The Bertz CT molecular complexity index is 599. The fourth-order valence-corrected chi connectivity index (χ4v) is 2.09. The summed E-state index contributed by atoms with van der Waals surface area (Å²) in [4.78, 5) is 0. The molecule has 0 atom stereocenters. The van der Waals surface area contributed by atoms with E-state index in [0.717, 1.165) is 23.8 Å². The number of aryl methyl sites for hydroxylation is 3. The number of nitrogens with one attached hydrogen (secondary N) is 1. The molecule has 0 saturated heterocycles. The van der Waals surface area contributed by atoms with Crippen LogP contribution in [0.5, 0.6) is 5.75 Å². The van der Waals surface area contributed by atoms with Crippen molar-refractivity contribution in [2.75, 3.05) is 0 Å². The van der Waals surface area contributed by atoms with E-state index in [0.29, 0.717) is 12.6 Å². The van der Waals surface area contributed by atoms with Crippen molar-refractivity contribution in [2.24, 2.45) is 0 Å². The molecule has 3 nitrogen and oxygen atoms in total. The van der Waals surface area contributed by atoms with E-state index in [1.165, 1.54) is 16.7 Å². The van der Waals surface area contributed by atoms with E-state index in [1.807, 2.05) is 6.07 Å². The van der Waals surface area contributed by atoms with E-state index >= 15 is 0 Å². The average molecular weight is 287 g/mol. The van der Waals surface area contributed by atoms with Gasteiger partial charge in [-0.25, -0.2) is 0 Å². The van der Waals surface area contributed by atoms with Crippen LogP contribution in [0.25, 0.3) is 0 Å². The van der Waals surface area contributed by atoms with Crippen molar-refractivity contribution in [1.29, 1.82) is 0 Å². The lowest BCUT2D eigenvalue weighted by atomic mass is 10.1. The smallest absolute Gasteiger partial charge is 0.146 e. The Kier molecular flexibility index (Phi) is 5.07. The van der Waals surface area contributed by atoms with Crippen molar-refractivity contribution >= 4 is 0 Å². The fourth-order valence-electron chi connectivity index (χ4n) is 2.09. The van der Waals surface area contributed by atoms with E-state index in [4.69, 9.17) is 9.15 Å². The van der Waals surface area contributed by atoms with E-state index in [9.17, 15) is 0 Å². The van der Waals surface area contributed by atoms with Gasteiger partial charge in [0.15, 0.2) is 0 Å². The molecule has 0 spiro atoms. The molecule has 21 heavy (non-hydrogen) atoms. The van der Waals surface area contributed by atoms with Gasteiger partial charge in [-0.1, -0.05) is 19.9 Å². The number of hydrogen-bond donors (Lipinski definition) is 1. The lowest BCUT2D eigenvalue weighted by Gasteiger charge is -2.07. The van der Waals surface area contributed by atoms with Crippen molar-refractivity contribution in [2.45, 2.75) is 53.8 Å². The summed E-state index contributed by atoms with van der Waals surface area (Å²) in [7, 11) is 0. The van der Waals surface area contributed by atoms with Gasteiger partial charge in [0.05, 0.1) is 6.54 Å². The Hall–Kier alpha value is -1.74. The third-order valence-corrected chi connectivity index (χ3v) is 3.60. The molecule has 0 unspecified atom stereocenters. The van der Waals surface area contributed by atoms with Crippen molar-refractivity contribution in [1.82, 2.24) is 5.32 Å². The molecule has 2 aromatic rings. The maximum atomic E-state index is 5.85. The van der Waals surface area contributed by atoms with Crippen molar-refractivity contribution in [3.05, 3.63) is 52.5 Å². The van der Waals surface area contributed by atoms with Crippen LogP contribution >= 0.6 is 0 Å². The summed E-state index contributed by atoms with van der Waals surface area (Å²) in [6, 6.07) is 8.64. The van der Waals surface area contributed by atoms with Crippen molar-refractivity contribution in [3.8, 4) is 5.75 Å². The van der Waals surface area contributed by atoms with Gasteiger partial charge >= 0.3 is 0 Å². The summed E-state index contributed by atoms with van der Waals surface area (Å²) in [5, 5.41) is 3.37. The topological polar surface area (TPSA) is 34.4 Å². The Morgan fingerprint density at radius 3 is 2.48 bits per heavy atom. The van der Waals surface area contributed by atoms with Crippen LogP contribution in [0.2, 0.25) is 0 Å². The normalized spacial score (nSPS) is 11.1. The number of hydrogen-bond acceptors (Lipinski definition) is 3. The quantitative estimate of drug-likeness (QED) is 0.861. The molecule has 0 bridgehead atoms. The molecule has 0 aliphatic rings. The Labute approximate surface area is 127 Å². The van der Waals surface area contributed by atoms with Crippen LogP contribution in [0.4, 0.5) is 0 Å². The molecule has 0 aliphatic heterocycles. The number of furan rings is 1. The molecule has 1 heterocycles. The van der Waals surface area contributed by atoms with Gasteiger partial charge in [0, 0.05) is 6.04 Å². The first-order valence-corrected chi connectivity index (χ1v) is 7.47. The largest absolute Gasteiger partial charge is 0.486 e. The second-order valence-electron chi connectivity index (χ2n) is 5.89. The molecule has 1 N–H and O–H groups in total. The van der Waals surface area contributed by atoms with E-state index in [-0.39, 0.29) is 0 Å². The highest BCUT2D eigenvalue weighted by atomic mass is 16.5. The molecule has 114 valence electrons. The third kappa shape index (κ3) is 4.36. The van der Waals surface area contributed by atoms with Gasteiger partial charge in [-0.05, 0) is 55.7 Å². The highest BCUT2D eigenvalue weighted by Crippen LogP contribution is 2.20. The SMILES string of the molecule is Cc1ccc(OCc2cc(C)c(CNC(C)C)o2)cc1C. The Morgan fingerprint density at radius 2 is 1.81 bits per heavy atom. The number of benzene rings is 1. The Morgan fingerprint density at radius 1 is 1.05 bits per heavy atom. The zero-order valence-electron chi connectivity index (χ0n) is 13.6. The van der Waals surface area contributed by atoms with Gasteiger partial charge in [0.25, 0.3) is 0 Å². The maximum absolute atomic E-state index is 5.85. The summed E-state index contributed by atoms with van der Waals surface area (Å²) in [6.07, 6.45) is 0. The molecule has 0 saturated carbocycles. The van der Waals surface area contributed by atoms with Gasteiger partial charge in [0.2, 0.25) is 0 Å². The second-order valence-corrected chi connectivity index (χ2v) is 5.89. The first kappa shape index (κ1) is 15.6. The highest BCUT2D eigenvalue weighted by molar-refractivity contribution is 5.34. The molecule has 1 aromatic carbocycles. The minimum atomic E-state index is 0.449. The summed E-state index contributed by atoms with van der Waals surface area (Å²) >= 11 is 0. The fraction of sp³-hybridized carbons (Fsp3) is 0.444. The van der Waals surface area contributed by atoms with Crippen LogP contribution in [0.3, 0.4) is 0 Å². The van der Waals surface area contributed by atoms with Crippen molar-refractivity contribution in [3.63, 3.8) is 0 Å². The molecule has 2 rings (SSSR count). The van der Waals surface area contributed by atoms with Crippen molar-refractivity contribution < 1.29 is 9.15 Å². The highest BCUT2D eigenvalue weighted by Gasteiger charge is 2.09. The van der Waals surface area contributed by atoms with Crippen LogP contribution in [0.15, 0.2) is 28.7 Å². The van der Waals surface area contributed by atoms with Crippen LogP contribution in [0, 0.1) is 20.8 Å². The average Bonchev–Trinajstić information content (AvgIpc) is 2.78. The molecule has 0 fully saturated rings. The van der Waals surface area contributed by atoms with E-state index < -0.39 is 0 Å². The van der Waals surface area contributed by atoms with Gasteiger partial charge in [0.1, 0.15) is 23.9 Å². The molecular weight excluding hydrogens is 262 g/mol. The van der Waals surface area contributed by atoms with Gasteiger partial charge in [-0.3, -0.25) is 0 Å². The predicted molar refractivity (Wildman–Crippen MR) is 85.7 cm³/mol. The summed E-state index contributed by atoms with van der Waals surface area (Å²) in [5.41, 5.74) is 3.69. The van der Waals surface area contributed by atoms with E-state index in [1.54, 1.807) is 0 Å². The third-order valence-electron chi connectivity index (χ3n) is 3.60.